The number of amides is 2. The van der Waals surface area contributed by atoms with Crippen LogP contribution < -0.4 is 15.0 Å². The van der Waals surface area contributed by atoms with Crippen molar-refractivity contribution in [3.63, 3.8) is 0 Å². The zero-order valence-corrected chi connectivity index (χ0v) is 18.8. The Hall–Kier alpha value is -2.67. The molecule has 1 aliphatic rings. The molecule has 1 atom stereocenters. The Labute approximate surface area is 194 Å². The van der Waals surface area contributed by atoms with Crippen LogP contribution in [0.3, 0.4) is 0 Å². The molecule has 4 rings (SSSR count). The maximum Gasteiger partial charge on any atom is 0.257 e. The van der Waals surface area contributed by atoms with Crippen molar-refractivity contribution in [3.8, 4) is 5.75 Å². The molecule has 0 saturated carbocycles. The number of benzene rings is 3. The lowest BCUT2D eigenvalue weighted by Gasteiger charge is -2.25. The number of hydrogen-bond donors (Lipinski definition) is 1. The van der Waals surface area contributed by atoms with Crippen molar-refractivity contribution in [1.29, 1.82) is 0 Å². The van der Waals surface area contributed by atoms with Crippen molar-refractivity contribution in [2.24, 2.45) is 0 Å². The van der Waals surface area contributed by atoms with Gasteiger partial charge in [0.05, 0.1) is 23.4 Å². The van der Waals surface area contributed by atoms with Crippen LogP contribution in [0.15, 0.2) is 66.7 Å². The van der Waals surface area contributed by atoms with Gasteiger partial charge in [-0.15, -0.1) is 11.8 Å². The predicted molar refractivity (Wildman–Crippen MR) is 127 cm³/mol. The molecule has 1 aliphatic heterocycles. The van der Waals surface area contributed by atoms with Crippen molar-refractivity contribution < 1.29 is 14.3 Å². The van der Waals surface area contributed by atoms with Crippen molar-refractivity contribution in [1.82, 2.24) is 0 Å². The van der Waals surface area contributed by atoms with E-state index in [-0.39, 0.29) is 22.2 Å². The lowest BCUT2D eigenvalue weighted by atomic mass is 10.1. The maximum atomic E-state index is 12.7. The molecule has 3 aromatic carbocycles. The number of rotatable bonds is 5. The molecule has 0 radical (unpaired) electrons. The first-order valence-corrected chi connectivity index (χ1v) is 11.2. The standard InChI is InChI=1S/C23H18Cl2N2O3S/c1-30-18-8-6-17(7-9-18)27-21(28)13-31-23(27)14-3-2-4-16(11-14)26-22(29)19-10-5-15(24)12-20(19)25/h2-12,23H,13H2,1H3,(H,26,29)/t23-/m1/s1. The number of anilines is 2. The van der Waals surface area contributed by atoms with Gasteiger partial charge in [0.15, 0.2) is 0 Å². The number of carbonyl (C=O) groups is 2. The number of methoxy groups -OCH3 is 1. The molecule has 0 aliphatic carbocycles. The van der Waals surface area contributed by atoms with E-state index in [1.807, 2.05) is 42.5 Å². The van der Waals surface area contributed by atoms with Crippen LogP contribution in [0.25, 0.3) is 0 Å². The number of hydrogen-bond acceptors (Lipinski definition) is 4. The van der Waals surface area contributed by atoms with E-state index in [2.05, 4.69) is 5.32 Å². The van der Waals surface area contributed by atoms with Crippen LogP contribution >= 0.6 is 35.0 Å². The summed E-state index contributed by atoms with van der Waals surface area (Å²) in [4.78, 5) is 27.0. The molecule has 3 aromatic rings. The van der Waals surface area contributed by atoms with Gasteiger partial charge in [-0.25, -0.2) is 0 Å². The molecule has 0 bridgehead atoms. The third-order valence-corrected chi connectivity index (χ3v) is 6.58. The molecule has 1 heterocycles. The Balaban J connectivity index is 1.57. The topological polar surface area (TPSA) is 58.6 Å². The second kappa shape index (κ2) is 9.22. The van der Waals surface area contributed by atoms with Gasteiger partial charge in [-0.2, -0.15) is 0 Å². The highest BCUT2D eigenvalue weighted by Gasteiger charge is 2.34. The smallest absolute Gasteiger partial charge is 0.257 e. The lowest BCUT2D eigenvalue weighted by molar-refractivity contribution is -0.115. The summed E-state index contributed by atoms with van der Waals surface area (Å²) < 4.78 is 5.21. The molecule has 0 aromatic heterocycles. The van der Waals surface area contributed by atoms with Gasteiger partial charge in [0, 0.05) is 16.4 Å². The third kappa shape index (κ3) is 4.66. The summed E-state index contributed by atoms with van der Waals surface area (Å²) in [6.07, 6.45) is 0. The molecule has 31 heavy (non-hydrogen) atoms. The van der Waals surface area contributed by atoms with Gasteiger partial charge in [-0.3, -0.25) is 14.5 Å². The average molecular weight is 473 g/mol. The Bertz CT molecular complexity index is 1140. The van der Waals surface area contributed by atoms with Crippen LogP contribution in [-0.4, -0.2) is 24.7 Å². The summed E-state index contributed by atoms with van der Waals surface area (Å²) in [5.41, 5.74) is 2.65. The first-order valence-electron chi connectivity index (χ1n) is 9.40. The summed E-state index contributed by atoms with van der Waals surface area (Å²) in [6, 6.07) is 19.6. The molecule has 8 heteroatoms. The van der Waals surface area contributed by atoms with Crippen LogP contribution in [0.2, 0.25) is 10.0 Å². The average Bonchev–Trinajstić information content (AvgIpc) is 3.15. The minimum atomic E-state index is -0.332. The SMILES string of the molecule is COc1ccc(N2C(=O)CS[C@@H]2c2cccc(NC(=O)c3ccc(Cl)cc3Cl)c2)cc1. The van der Waals surface area contributed by atoms with Crippen LogP contribution in [-0.2, 0) is 4.79 Å². The quantitative estimate of drug-likeness (QED) is 0.492. The highest BCUT2D eigenvalue weighted by atomic mass is 35.5. The lowest BCUT2D eigenvalue weighted by Crippen LogP contribution is -2.27. The number of nitrogens with one attached hydrogen (secondary N) is 1. The van der Waals surface area contributed by atoms with E-state index >= 15 is 0 Å². The van der Waals surface area contributed by atoms with Crippen LogP contribution in [0.1, 0.15) is 21.3 Å². The third-order valence-electron chi connectivity index (χ3n) is 4.82. The zero-order valence-electron chi connectivity index (χ0n) is 16.5. The second-order valence-corrected chi connectivity index (χ2v) is 8.74. The van der Waals surface area contributed by atoms with E-state index in [1.54, 1.807) is 42.0 Å². The van der Waals surface area contributed by atoms with Crippen LogP contribution in [0.5, 0.6) is 5.75 Å². The molecule has 5 nitrogen and oxygen atoms in total. The van der Waals surface area contributed by atoms with Crippen molar-refractivity contribution in [3.05, 3.63) is 87.9 Å². The van der Waals surface area contributed by atoms with Gasteiger partial charge < -0.3 is 10.1 Å². The Morgan fingerprint density at radius 1 is 1.10 bits per heavy atom. The molecular weight excluding hydrogens is 455 g/mol. The summed E-state index contributed by atoms with van der Waals surface area (Å²) >= 11 is 13.6. The van der Waals surface area contributed by atoms with E-state index in [0.29, 0.717) is 22.0 Å². The summed E-state index contributed by atoms with van der Waals surface area (Å²) in [5.74, 6) is 0.807. The molecule has 1 saturated heterocycles. The highest BCUT2D eigenvalue weighted by molar-refractivity contribution is 8.00. The first-order chi connectivity index (χ1) is 15.0. The van der Waals surface area contributed by atoms with Crippen molar-refractivity contribution >= 4 is 58.2 Å². The fourth-order valence-corrected chi connectivity index (χ4v) is 5.00. The Morgan fingerprint density at radius 2 is 1.87 bits per heavy atom. The second-order valence-electron chi connectivity index (χ2n) is 6.83. The summed E-state index contributed by atoms with van der Waals surface area (Å²) in [5, 5.41) is 3.41. The van der Waals surface area contributed by atoms with Gasteiger partial charge in [0.25, 0.3) is 5.91 Å². The zero-order chi connectivity index (χ0) is 22.0. The van der Waals surface area contributed by atoms with E-state index in [1.165, 1.54) is 6.07 Å². The predicted octanol–water partition coefficient (Wildman–Crippen LogP) is 6.03. The first kappa shape index (κ1) is 21.6. The van der Waals surface area contributed by atoms with Gasteiger partial charge in [-0.05, 0) is 60.2 Å². The fourth-order valence-electron chi connectivity index (χ4n) is 3.33. The number of nitrogens with zero attached hydrogens (tertiary/aromatic N) is 1. The molecule has 158 valence electrons. The van der Waals surface area contributed by atoms with Gasteiger partial charge in [-0.1, -0.05) is 35.3 Å². The Morgan fingerprint density at radius 3 is 2.58 bits per heavy atom. The number of ether oxygens (including phenoxy) is 1. The van der Waals surface area contributed by atoms with Gasteiger partial charge in [0.1, 0.15) is 11.1 Å². The molecule has 1 N–H and O–H groups in total. The molecular formula is C23H18Cl2N2O3S. The van der Waals surface area contributed by atoms with Crippen LogP contribution in [0.4, 0.5) is 11.4 Å². The largest absolute Gasteiger partial charge is 0.497 e. The minimum Gasteiger partial charge on any atom is -0.497 e. The highest BCUT2D eigenvalue weighted by Crippen LogP contribution is 2.42. The molecule has 1 fully saturated rings. The summed E-state index contributed by atoms with van der Waals surface area (Å²) in [7, 11) is 1.60. The fraction of sp³-hybridized carbons (Fsp3) is 0.130. The minimum absolute atomic E-state index is 0.0301. The molecule has 0 unspecified atom stereocenters. The number of carbonyl (C=O) groups excluding carboxylic acids is 2. The van der Waals surface area contributed by atoms with Gasteiger partial charge in [0.2, 0.25) is 5.91 Å². The van der Waals surface area contributed by atoms with E-state index in [0.717, 1.165) is 17.0 Å². The number of halogens is 2. The maximum absolute atomic E-state index is 12.7. The van der Waals surface area contributed by atoms with E-state index < -0.39 is 0 Å². The summed E-state index contributed by atoms with van der Waals surface area (Å²) in [6.45, 7) is 0. The molecule has 0 spiro atoms. The monoisotopic (exact) mass is 472 g/mol. The van der Waals surface area contributed by atoms with Crippen molar-refractivity contribution in [2.45, 2.75) is 5.37 Å². The Kier molecular flexibility index (Phi) is 6.41. The normalized spacial score (nSPS) is 15.8. The van der Waals surface area contributed by atoms with Crippen LogP contribution in [0, 0.1) is 0 Å². The van der Waals surface area contributed by atoms with E-state index in [4.69, 9.17) is 27.9 Å². The van der Waals surface area contributed by atoms with E-state index in [9.17, 15) is 9.59 Å². The number of thioether (sulfide) groups is 1. The molecule has 2 amide bonds. The van der Waals surface area contributed by atoms with Crippen molar-refractivity contribution in [2.75, 3.05) is 23.1 Å². The van der Waals surface area contributed by atoms with Gasteiger partial charge >= 0.3 is 0 Å².